The summed E-state index contributed by atoms with van der Waals surface area (Å²) in [5, 5.41) is 4.55. The van der Waals surface area contributed by atoms with E-state index in [1.54, 1.807) is 6.20 Å². The molecule has 2 aromatic rings. The molecule has 1 atom stereocenters. The van der Waals surface area contributed by atoms with Gasteiger partial charge in [0.05, 0.1) is 16.9 Å². The van der Waals surface area contributed by atoms with Gasteiger partial charge in [-0.05, 0) is 36.6 Å². The average Bonchev–Trinajstić information content (AvgIpc) is 2.38. The van der Waals surface area contributed by atoms with Crippen LogP contribution < -0.4 is 11.1 Å². The smallest absolute Gasteiger partial charge is 0.0724 e. The summed E-state index contributed by atoms with van der Waals surface area (Å²) in [6.07, 6.45) is 2.88. The number of fused-ring (bicyclic) bond motifs is 1. The van der Waals surface area contributed by atoms with E-state index in [1.807, 2.05) is 24.3 Å². The molecule has 0 aliphatic heterocycles. The van der Waals surface area contributed by atoms with Crippen molar-refractivity contribution in [2.24, 2.45) is 5.92 Å². The summed E-state index contributed by atoms with van der Waals surface area (Å²) in [6, 6.07) is 8.42. The molecule has 96 valence electrons. The van der Waals surface area contributed by atoms with Crippen molar-refractivity contribution in [3.8, 4) is 0 Å². The van der Waals surface area contributed by atoms with Crippen LogP contribution in [0, 0.1) is 5.92 Å². The van der Waals surface area contributed by atoms with Crippen LogP contribution in [0.25, 0.3) is 10.9 Å². The van der Waals surface area contributed by atoms with Crippen molar-refractivity contribution in [1.82, 2.24) is 4.98 Å². The number of benzene rings is 1. The zero-order chi connectivity index (χ0) is 13.1. The zero-order valence-corrected chi connectivity index (χ0v) is 11.3. The highest BCUT2D eigenvalue weighted by molar-refractivity contribution is 5.96. The number of aromatic nitrogens is 1. The number of hydrogen-bond donors (Lipinski definition) is 2. The highest BCUT2D eigenvalue weighted by Crippen LogP contribution is 2.29. The molecule has 3 heteroatoms. The number of nitrogens with zero attached hydrogens (tertiary/aromatic N) is 1. The molecule has 1 heterocycles. The number of anilines is 2. The van der Waals surface area contributed by atoms with Gasteiger partial charge >= 0.3 is 0 Å². The van der Waals surface area contributed by atoms with Crippen LogP contribution >= 0.6 is 0 Å². The molecule has 0 spiro atoms. The Labute approximate surface area is 108 Å². The van der Waals surface area contributed by atoms with Crippen LogP contribution in [0.2, 0.25) is 0 Å². The molecule has 1 unspecified atom stereocenters. The minimum atomic E-state index is 0.446. The first-order chi connectivity index (χ1) is 8.63. The summed E-state index contributed by atoms with van der Waals surface area (Å²) < 4.78 is 0. The van der Waals surface area contributed by atoms with Crippen molar-refractivity contribution in [2.75, 3.05) is 11.1 Å². The highest BCUT2D eigenvalue weighted by Gasteiger charge is 2.13. The molecule has 0 fully saturated rings. The quantitative estimate of drug-likeness (QED) is 0.806. The van der Waals surface area contributed by atoms with Crippen LogP contribution in [0.1, 0.15) is 27.2 Å². The molecule has 0 saturated heterocycles. The molecule has 3 nitrogen and oxygen atoms in total. The van der Waals surface area contributed by atoms with Gasteiger partial charge in [0.25, 0.3) is 0 Å². The van der Waals surface area contributed by atoms with Crippen molar-refractivity contribution in [2.45, 2.75) is 33.2 Å². The Balaban J connectivity index is 2.37. The molecule has 1 aromatic carbocycles. The Kier molecular flexibility index (Phi) is 3.70. The third-order valence-corrected chi connectivity index (χ3v) is 3.41. The maximum atomic E-state index is 6.22. The molecule has 0 radical (unpaired) electrons. The Bertz CT molecular complexity index is 534. The first-order valence-corrected chi connectivity index (χ1v) is 6.53. The predicted molar refractivity (Wildman–Crippen MR) is 78.7 cm³/mol. The van der Waals surface area contributed by atoms with Crippen LogP contribution in [0.4, 0.5) is 11.4 Å². The largest absolute Gasteiger partial charge is 0.397 e. The second kappa shape index (κ2) is 5.25. The van der Waals surface area contributed by atoms with E-state index in [0.717, 1.165) is 28.7 Å². The van der Waals surface area contributed by atoms with Gasteiger partial charge in [0.2, 0.25) is 0 Å². The van der Waals surface area contributed by atoms with Crippen LogP contribution in [0.5, 0.6) is 0 Å². The van der Waals surface area contributed by atoms with Gasteiger partial charge in [0.15, 0.2) is 0 Å². The number of pyridine rings is 1. The maximum Gasteiger partial charge on any atom is 0.0724 e. The lowest BCUT2D eigenvalue weighted by molar-refractivity contribution is 0.511. The highest BCUT2D eigenvalue weighted by atomic mass is 14.9. The first kappa shape index (κ1) is 12.7. The Morgan fingerprint density at radius 2 is 2.06 bits per heavy atom. The van der Waals surface area contributed by atoms with Gasteiger partial charge in [0.1, 0.15) is 0 Å². The number of hydrogen-bond acceptors (Lipinski definition) is 3. The van der Waals surface area contributed by atoms with E-state index in [2.05, 4.69) is 31.1 Å². The van der Waals surface area contributed by atoms with E-state index < -0.39 is 0 Å². The predicted octanol–water partition coefficient (Wildman–Crippen LogP) is 3.66. The molecule has 3 N–H and O–H groups in total. The first-order valence-electron chi connectivity index (χ1n) is 6.53. The van der Waals surface area contributed by atoms with Crippen molar-refractivity contribution in [3.63, 3.8) is 0 Å². The van der Waals surface area contributed by atoms with Crippen molar-refractivity contribution >= 4 is 22.3 Å². The van der Waals surface area contributed by atoms with Gasteiger partial charge in [-0.2, -0.15) is 0 Å². The van der Waals surface area contributed by atoms with Gasteiger partial charge in [0, 0.05) is 17.6 Å². The van der Waals surface area contributed by atoms with E-state index in [4.69, 9.17) is 5.73 Å². The van der Waals surface area contributed by atoms with Crippen LogP contribution in [0.15, 0.2) is 30.5 Å². The van der Waals surface area contributed by atoms with Gasteiger partial charge in [-0.15, -0.1) is 0 Å². The normalized spacial score (nSPS) is 12.9. The zero-order valence-electron chi connectivity index (χ0n) is 11.3. The lowest BCUT2D eigenvalue weighted by Gasteiger charge is -2.23. The summed E-state index contributed by atoms with van der Waals surface area (Å²) in [6.45, 7) is 6.64. The van der Waals surface area contributed by atoms with E-state index in [0.29, 0.717) is 12.0 Å². The van der Waals surface area contributed by atoms with E-state index in [-0.39, 0.29) is 0 Å². The Morgan fingerprint density at radius 1 is 1.28 bits per heavy atom. The van der Waals surface area contributed by atoms with E-state index in [1.165, 1.54) is 0 Å². The van der Waals surface area contributed by atoms with Gasteiger partial charge < -0.3 is 11.1 Å². The minimum Gasteiger partial charge on any atom is -0.397 e. The van der Waals surface area contributed by atoms with E-state index >= 15 is 0 Å². The fourth-order valence-electron chi connectivity index (χ4n) is 2.24. The van der Waals surface area contributed by atoms with Crippen LogP contribution in [-0.4, -0.2) is 11.0 Å². The molecule has 1 aromatic heterocycles. The molecule has 0 amide bonds. The monoisotopic (exact) mass is 243 g/mol. The Hall–Kier alpha value is -1.77. The summed E-state index contributed by atoms with van der Waals surface area (Å²) in [5.41, 5.74) is 8.96. The second-order valence-electron chi connectivity index (χ2n) is 5.00. The molecule has 0 bridgehead atoms. The van der Waals surface area contributed by atoms with Crippen molar-refractivity contribution in [3.05, 3.63) is 30.5 Å². The third kappa shape index (κ3) is 2.40. The summed E-state index contributed by atoms with van der Waals surface area (Å²) in [4.78, 5) is 4.31. The SMILES string of the molecule is CCC(Nc1ccc2ncccc2c1N)C(C)C. The average molecular weight is 243 g/mol. The van der Waals surface area contributed by atoms with Gasteiger partial charge in [-0.1, -0.05) is 20.8 Å². The number of nitrogens with two attached hydrogens (primary N) is 1. The minimum absolute atomic E-state index is 0.446. The lowest BCUT2D eigenvalue weighted by Crippen LogP contribution is -2.25. The van der Waals surface area contributed by atoms with Gasteiger partial charge in [-0.3, -0.25) is 4.98 Å². The Morgan fingerprint density at radius 3 is 2.72 bits per heavy atom. The third-order valence-electron chi connectivity index (χ3n) is 3.41. The summed E-state index contributed by atoms with van der Waals surface area (Å²) in [5.74, 6) is 0.582. The standard InChI is InChI=1S/C15H21N3/c1-4-12(10(2)3)18-14-8-7-13-11(15(14)16)6-5-9-17-13/h5-10,12,18H,4,16H2,1-3H3. The molecule has 0 aliphatic carbocycles. The van der Waals surface area contributed by atoms with Crippen LogP contribution in [-0.2, 0) is 0 Å². The molecule has 0 saturated carbocycles. The van der Waals surface area contributed by atoms with Crippen molar-refractivity contribution < 1.29 is 0 Å². The maximum absolute atomic E-state index is 6.22. The number of rotatable bonds is 4. The summed E-state index contributed by atoms with van der Waals surface area (Å²) >= 11 is 0. The van der Waals surface area contributed by atoms with Crippen molar-refractivity contribution in [1.29, 1.82) is 0 Å². The second-order valence-corrected chi connectivity index (χ2v) is 5.00. The molecule has 2 rings (SSSR count). The molecular weight excluding hydrogens is 222 g/mol. The fourth-order valence-corrected chi connectivity index (χ4v) is 2.24. The number of nitrogens with one attached hydrogen (secondary N) is 1. The molecule has 0 aliphatic rings. The lowest BCUT2D eigenvalue weighted by atomic mass is 10.0. The summed E-state index contributed by atoms with van der Waals surface area (Å²) in [7, 11) is 0. The molecular formula is C15H21N3. The van der Waals surface area contributed by atoms with Crippen LogP contribution in [0.3, 0.4) is 0 Å². The fraction of sp³-hybridized carbons (Fsp3) is 0.400. The number of nitrogen functional groups attached to an aromatic ring is 1. The van der Waals surface area contributed by atoms with E-state index in [9.17, 15) is 0 Å². The van der Waals surface area contributed by atoms with Gasteiger partial charge in [-0.25, -0.2) is 0 Å². The topological polar surface area (TPSA) is 50.9 Å². The molecule has 18 heavy (non-hydrogen) atoms.